The first-order chi connectivity index (χ1) is 6.06. The Morgan fingerprint density at radius 3 is 2.62 bits per heavy atom. The van der Waals surface area contributed by atoms with Gasteiger partial charge in [-0.3, -0.25) is 0 Å². The van der Waals surface area contributed by atoms with Crippen molar-refractivity contribution < 1.29 is 8.42 Å². The predicted molar refractivity (Wildman–Crippen MR) is 51.0 cm³/mol. The number of aromatic nitrogens is 1. The van der Waals surface area contributed by atoms with E-state index in [0.717, 1.165) is 0 Å². The molecule has 0 aromatic carbocycles. The number of rotatable bonds is 3. The van der Waals surface area contributed by atoms with Gasteiger partial charge in [0, 0.05) is 6.20 Å². The lowest BCUT2D eigenvalue weighted by molar-refractivity contribution is 0.594. The maximum Gasteiger partial charge on any atom is 0.179 e. The van der Waals surface area contributed by atoms with E-state index in [9.17, 15) is 8.42 Å². The molecule has 0 unspecified atom stereocenters. The molecule has 0 radical (unpaired) electrons. The SMILES string of the molecule is CCCS(=O)(=O)c1ccc(N)nc1. The zero-order valence-electron chi connectivity index (χ0n) is 7.40. The fraction of sp³-hybridized carbons (Fsp3) is 0.375. The highest BCUT2D eigenvalue weighted by molar-refractivity contribution is 7.91. The fourth-order valence-electron chi connectivity index (χ4n) is 0.962. The van der Waals surface area contributed by atoms with Gasteiger partial charge in [0.1, 0.15) is 5.82 Å². The summed E-state index contributed by atoms with van der Waals surface area (Å²) in [6.07, 6.45) is 1.90. The van der Waals surface area contributed by atoms with Crippen LogP contribution in [0.15, 0.2) is 23.2 Å². The fourth-order valence-corrected chi connectivity index (χ4v) is 2.22. The molecule has 0 aliphatic carbocycles. The van der Waals surface area contributed by atoms with Crippen molar-refractivity contribution in [1.29, 1.82) is 0 Å². The van der Waals surface area contributed by atoms with Gasteiger partial charge in [0.05, 0.1) is 10.6 Å². The molecule has 0 spiro atoms. The first kappa shape index (κ1) is 9.98. The molecule has 4 nitrogen and oxygen atoms in total. The Hall–Kier alpha value is -1.10. The lowest BCUT2D eigenvalue weighted by Crippen LogP contribution is -2.06. The molecule has 1 aromatic heterocycles. The molecular formula is C8H12N2O2S. The zero-order valence-corrected chi connectivity index (χ0v) is 8.21. The first-order valence-electron chi connectivity index (χ1n) is 4.00. The van der Waals surface area contributed by atoms with Crippen LogP contribution in [-0.4, -0.2) is 19.2 Å². The topological polar surface area (TPSA) is 73.0 Å². The standard InChI is InChI=1S/C8H12N2O2S/c1-2-5-13(11,12)7-3-4-8(9)10-6-7/h3-4,6H,2,5H2,1H3,(H2,9,10). The summed E-state index contributed by atoms with van der Waals surface area (Å²) in [5.41, 5.74) is 5.34. The largest absolute Gasteiger partial charge is 0.384 e. The van der Waals surface area contributed by atoms with Crippen LogP contribution in [0.2, 0.25) is 0 Å². The van der Waals surface area contributed by atoms with Crippen molar-refractivity contribution in [1.82, 2.24) is 4.98 Å². The van der Waals surface area contributed by atoms with Gasteiger partial charge in [-0.05, 0) is 18.6 Å². The normalized spacial score (nSPS) is 11.5. The van der Waals surface area contributed by atoms with Crippen molar-refractivity contribution >= 4 is 15.7 Å². The van der Waals surface area contributed by atoms with Gasteiger partial charge in [0.25, 0.3) is 0 Å². The second-order valence-corrected chi connectivity index (χ2v) is 4.85. The number of sulfone groups is 1. The second kappa shape index (κ2) is 3.74. The number of nitrogens with two attached hydrogens (primary N) is 1. The van der Waals surface area contributed by atoms with Gasteiger partial charge >= 0.3 is 0 Å². The van der Waals surface area contributed by atoms with Crippen LogP contribution in [0, 0.1) is 0 Å². The Morgan fingerprint density at radius 1 is 1.46 bits per heavy atom. The molecule has 0 fully saturated rings. The molecule has 1 heterocycles. The van der Waals surface area contributed by atoms with Crippen LogP contribution in [0.25, 0.3) is 0 Å². The lowest BCUT2D eigenvalue weighted by atomic mass is 10.5. The molecule has 0 bridgehead atoms. The van der Waals surface area contributed by atoms with Gasteiger partial charge in [-0.1, -0.05) is 6.92 Å². The highest BCUT2D eigenvalue weighted by Gasteiger charge is 2.12. The molecule has 0 saturated heterocycles. The van der Waals surface area contributed by atoms with Crippen molar-refractivity contribution in [3.05, 3.63) is 18.3 Å². The average Bonchev–Trinajstić information content (AvgIpc) is 2.05. The Bertz CT molecular complexity index is 370. The molecular weight excluding hydrogens is 188 g/mol. The van der Waals surface area contributed by atoms with Gasteiger partial charge in [-0.2, -0.15) is 0 Å². The number of hydrogen-bond donors (Lipinski definition) is 1. The van der Waals surface area contributed by atoms with Crippen LogP contribution in [0.3, 0.4) is 0 Å². The molecule has 0 saturated carbocycles. The third kappa shape index (κ3) is 2.42. The first-order valence-corrected chi connectivity index (χ1v) is 5.66. The molecule has 0 amide bonds. The third-order valence-electron chi connectivity index (χ3n) is 1.59. The predicted octanol–water partition coefficient (Wildman–Crippen LogP) is 0.848. The van der Waals surface area contributed by atoms with E-state index >= 15 is 0 Å². The van der Waals surface area contributed by atoms with Crippen LogP contribution < -0.4 is 5.73 Å². The van der Waals surface area contributed by atoms with Gasteiger partial charge < -0.3 is 5.73 Å². The average molecular weight is 200 g/mol. The van der Waals surface area contributed by atoms with Gasteiger partial charge in [-0.15, -0.1) is 0 Å². The molecule has 2 N–H and O–H groups in total. The lowest BCUT2D eigenvalue weighted by Gasteiger charge is -2.01. The zero-order chi connectivity index (χ0) is 9.90. The Morgan fingerprint density at radius 2 is 2.15 bits per heavy atom. The molecule has 1 rings (SSSR count). The van der Waals surface area contributed by atoms with E-state index < -0.39 is 9.84 Å². The van der Waals surface area contributed by atoms with Crippen molar-refractivity contribution in [2.45, 2.75) is 18.2 Å². The highest BCUT2D eigenvalue weighted by atomic mass is 32.2. The van der Waals surface area contributed by atoms with Crippen LogP contribution in [0.4, 0.5) is 5.82 Å². The summed E-state index contributed by atoms with van der Waals surface area (Å²) in [5.74, 6) is 0.481. The maximum atomic E-state index is 11.5. The van der Waals surface area contributed by atoms with Crippen molar-refractivity contribution in [3.8, 4) is 0 Å². The van der Waals surface area contributed by atoms with E-state index in [1.54, 1.807) is 0 Å². The van der Waals surface area contributed by atoms with E-state index in [1.165, 1.54) is 18.3 Å². The summed E-state index contributed by atoms with van der Waals surface area (Å²) in [4.78, 5) is 3.97. The summed E-state index contributed by atoms with van der Waals surface area (Å²) in [5, 5.41) is 0. The summed E-state index contributed by atoms with van der Waals surface area (Å²) < 4.78 is 22.9. The number of hydrogen-bond acceptors (Lipinski definition) is 4. The van der Waals surface area contributed by atoms with Crippen molar-refractivity contribution in [3.63, 3.8) is 0 Å². The minimum Gasteiger partial charge on any atom is -0.384 e. The van der Waals surface area contributed by atoms with Crippen molar-refractivity contribution in [2.24, 2.45) is 0 Å². The molecule has 0 atom stereocenters. The third-order valence-corrected chi connectivity index (χ3v) is 3.50. The van der Waals surface area contributed by atoms with Crippen LogP contribution in [0.5, 0.6) is 0 Å². The van der Waals surface area contributed by atoms with Gasteiger partial charge in [0.15, 0.2) is 9.84 Å². The Labute approximate surface area is 77.7 Å². The molecule has 72 valence electrons. The minimum atomic E-state index is -3.15. The molecule has 1 aromatic rings. The molecule has 13 heavy (non-hydrogen) atoms. The van der Waals surface area contributed by atoms with E-state index in [2.05, 4.69) is 4.98 Å². The molecule has 5 heteroatoms. The maximum absolute atomic E-state index is 11.5. The van der Waals surface area contributed by atoms with E-state index in [1.807, 2.05) is 6.92 Å². The van der Waals surface area contributed by atoms with Gasteiger partial charge in [-0.25, -0.2) is 13.4 Å². The van der Waals surface area contributed by atoms with Crippen LogP contribution in [0.1, 0.15) is 13.3 Å². The smallest absolute Gasteiger partial charge is 0.179 e. The summed E-state index contributed by atoms with van der Waals surface area (Å²) in [7, 11) is -3.15. The summed E-state index contributed by atoms with van der Waals surface area (Å²) in [6, 6.07) is 2.97. The van der Waals surface area contributed by atoms with Crippen LogP contribution >= 0.6 is 0 Å². The van der Waals surface area contributed by atoms with E-state index in [-0.39, 0.29) is 10.6 Å². The Kier molecular flexibility index (Phi) is 2.87. The number of nitrogens with zero attached hydrogens (tertiary/aromatic N) is 1. The van der Waals surface area contributed by atoms with Crippen molar-refractivity contribution in [2.75, 3.05) is 11.5 Å². The van der Waals surface area contributed by atoms with E-state index in [4.69, 9.17) is 5.73 Å². The summed E-state index contributed by atoms with van der Waals surface area (Å²) in [6.45, 7) is 1.82. The number of anilines is 1. The second-order valence-electron chi connectivity index (χ2n) is 2.74. The number of nitrogen functional groups attached to an aromatic ring is 1. The number of pyridine rings is 1. The van der Waals surface area contributed by atoms with E-state index in [0.29, 0.717) is 12.2 Å². The molecule has 0 aliphatic heterocycles. The highest BCUT2D eigenvalue weighted by Crippen LogP contribution is 2.11. The van der Waals surface area contributed by atoms with Crippen LogP contribution in [-0.2, 0) is 9.84 Å². The minimum absolute atomic E-state index is 0.151. The van der Waals surface area contributed by atoms with Gasteiger partial charge in [0.2, 0.25) is 0 Å². The molecule has 0 aliphatic rings. The Balaban J connectivity index is 3.02. The quantitative estimate of drug-likeness (QED) is 0.785. The summed E-state index contributed by atoms with van der Waals surface area (Å²) >= 11 is 0. The monoisotopic (exact) mass is 200 g/mol.